The van der Waals surface area contributed by atoms with E-state index in [0.717, 1.165) is 0 Å². The van der Waals surface area contributed by atoms with Crippen LogP contribution in [-0.4, -0.2) is 6.15 Å². The Labute approximate surface area is 88.4 Å². The van der Waals surface area contributed by atoms with Gasteiger partial charge in [0.05, 0.1) is 0 Å². The normalized spacial score (nSPS) is 10.8. The van der Waals surface area contributed by atoms with Gasteiger partial charge in [-0.1, -0.05) is 27.7 Å². The Balaban J connectivity index is 0. The maximum atomic E-state index is 2.33. The second-order valence-corrected chi connectivity index (χ2v) is 3.37. The number of hydrogen-bond donors (Lipinski definition) is 0. The first-order valence-electron chi connectivity index (χ1n) is 4.46. The minimum atomic E-state index is 0. The van der Waals surface area contributed by atoms with Gasteiger partial charge in [-0.3, -0.25) is 0 Å². The van der Waals surface area contributed by atoms with Gasteiger partial charge in [-0.2, -0.15) is 25.3 Å². The van der Waals surface area contributed by atoms with Gasteiger partial charge in [0.2, 0.25) is 0 Å². The van der Waals surface area contributed by atoms with Gasteiger partial charge in [-0.15, -0.1) is 0 Å². The fourth-order valence-corrected chi connectivity index (χ4v) is 1.73. The van der Waals surface area contributed by atoms with Gasteiger partial charge < -0.3 is 0 Å². The molecule has 0 rings (SSSR count). The Kier molecular flexibility index (Phi) is 9.21. The van der Waals surface area contributed by atoms with Crippen LogP contribution in [0.2, 0.25) is 25.3 Å². The van der Waals surface area contributed by atoms with Crippen LogP contribution in [0.3, 0.4) is 0 Å². The molecule has 2 heteroatoms. The third-order valence-corrected chi connectivity index (χ3v) is 3.46. The molecule has 0 aromatic rings. The minimum Gasteiger partial charge on any atom is -0.181 e. The van der Waals surface area contributed by atoms with Crippen molar-refractivity contribution >= 4 is 6.15 Å². The summed E-state index contributed by atoms with van der Waals surface area (Å²) in [5, 5.41) is 0. The van der Waals surface area contributed by atoms with E-state index < -0.39 is 0 Å². The topological polar surface area (TPSA) is 0 Å². The molecule has 0 nitrogen and oxygen atoms in total. The van der Waals surface area contributed by atoms with Crippen molar-refractivity contribution in [1.82, 2.24) is 0 Å². The molecule has 0 spiro atoms. The summed E-state index contributed by atoms with van der Waals surface area (Å²) < 4.78 is 0. The predicted octanol–water partition coefficient (Wildman–Crippen LogP) is 0.519. The van der Waals surface area contributed by atoms with E-state index in [2.05, 4.69) is 27.7 Å². The molecule has 0 aliphatic rings. The van der Waals surface area contributed by atoms with Crippen LogP contribution in [-0.2, 0) is 0 Å². The maximum absolute atomic E-state index is 2.33. The van der Waals surface area contributed by atoms with Crippen molar-refractivity contribution in [3.8, 4) is 0 Å². The largest absolute Gasteiger partial charge is 1.00 e. The molecule has 0 aromatic heterocycles. The van der Waals surface area contributed by atoms with Gasteiger partial charge in [0.25, 0.3) is 0 Å². The molecule has 0 aliphatic carbocycles. The number of hydrogen-bond acceptors (Lipinski definition) is 0. The summed E-state index contributed by atoms with van der Waals surface area (Å²) in [6, 6.07) is 0. The van der Waals surface area contributed by atoms with E-state index >= 15 is 0 Å². The summed E-state index contributed by atoms with van der Waals surface area (Å²) in [6.07, 6.45) is 5.68. The summed E-state index contributed by atoms with van der Waals surface area (Å²) >= 11 is 0. The molecule has 0 unspecified atom stereocenters. The molecule has 0 aromatic carbocycles. The van der Waals surface area contributed by atoms with Crippen molar-refractivity contribution in [2.24, 2.45) is 0 Å². The molecule has 0 fully saturated rings. The smallest absolute Gasteiger partial charge is 0.181 e. The van der Waals surface area contributed by atoms with Crippen LogP contribution in [0.1, 0.15) is 27.7 Å². The van der Waals surface area contributed by atoms with Crippen molar-refractivity contribution in [1.29, 1.82) is 0 Å². The Morgan fingerprint density at radius 1 is 0.700 bits per heavy atom. The molecule has 0 N–H and O–H groups in total. The molecule has 0 heterocycles. The second-order valence-electron chi connectivity index (χ2n) is 3.37. The van der Waals surface area contributed by atoms with Crippen LogP contribution >= 0.6 is 0 Å². The van der Waals surface area contributed by atoms with Crippen LogP contribution in [0, 0.1) is 0 Å². The van der Waals surface area contributed by atoms with E-state index in [1.807, 2.05) is 0 Å². The zero-order valence-corrected chi connectivity index (χ0v) is 10.4. The predicted molar refractivity (Wildman–Crippen MR) is 47.7 cm³/mol. The molecule has 0 bridgehead atoms. The van der Waals surface area contributed by atoms with Crippen molar-refractivity contribution < 1.29 is 29.6 Å². The van der Waals surface area contributed by atoms with E-state index in [4.69, 9.17) is 0 Å². The fraction of sp³-hybridized carbons (Fsp3) is 1.00. The molecule has 0 amide bonds. The summed E-state index contributed by atoms with van der Waals surface area (Å²) in [5.74, 6) is 0. The summed E-state index contributed by atoms with van der Waals surface area (Å²) in [5.41, 5.74) is 0. The third-order valence-electron chi connectivity index (χ3n) is 3.46. The first-order valence-corrected chi connectivity index (χ1v) is 4.46. The molecule has 56 valence electrons. The van der Waals surface area contributed by atoms with Gasteiger partial charge >= 0.3 is 29.6 Å². The molecule has 0 saturated carbocycles. The minimum absolute atomic E-state index is 0. The first-order chi connectivity index (χ1) is 4.24. The van der Waals surface area contributed by atoms with Crippen molar-refractivity contribution in [2.45, 2.75) is 53.0 Å². The van der Waals surface area contributed by atoms with Crippen molar-refractivity contribution in [2.75, 3.05) is 0 Å². The molecular formula is C8H20BNa. The standard InChI is InChI=1S/C8H20B.Na/c1-5-9(6-2,7-3)8-4;/h5-8H2,1-4H3;/q-1;+1. The molecule has 0 radical (unpaired) electrons. The van der Waals surface area contributed by atoms with E-state index in [1.165, 1.54) is 25.3 Å². The van der Waals surface area contributed by atoms with Crippen LogP contribution in [0.25, 0.3) is 0 Å². The van der Waals surface area contributed by atoms with Crippen molar-refractivity contribution in [3.63, 3.8) is 0 Å². The first kappa shape index (κ1) is 13.6. The average Bonchev–Trinajstić information content (AvgIpc) is 1.95. The number of rotatable bonds is 4. The van der Waals surface area contributed by atoms with E-state index in [0.29, 0.717) is 0 Å². The van der Waals surface area contributed by atoms with Crippen LogP contribution < -0.4 is 29.6 Å². The van der Waals surface area contributed by atoms with Crippen molar-refractivity contribution in [3.05, 3.63) is 0 Å². The molecule has 10 heavy (non-hydrogen) atoms. The Hall–Kier alpha value is 1.06. The SMILES string of the molecule is CC[B-](CC)(CC)CC.[Na+]. The third kappa shape index (κ3) is 3.45. The van der Waals surface area contributed by atoms with Gasteiger partial charge in [-0.05, 0) is 6.15 Å². The zero-order chi connectivity index (χ0) is 7.33. The Morgan fingerprint density at radius 2 is 0.900 bits per heavy atom. The average molecular weight is 150 g/mol. The van der Waals surface area contributed by atoms with Gasteiger partial charge in [0.1, 0.15) is 0 Å². The van der Waals surface area contributed by atoms with Gasteiger partial charge in [0.15, 0.2) is 0 Å². The molecule has 0 atom stereocenters. The molecule has 0 saturated heterocycles. The van der Waals surface area contributed by atoms with E-state index in [-0.39, 0.29) is 35.7 Å². The van der Waals surface area contributed by atoms with Crippen LogP contribution in [0.15, 0.2) is 0 Å². The zero-order valence-electron chi connectivity index (χ0n) is 8.41. The molecular weight excluding hydrogens is 130 g/mol. The summed E-state index contributed by atoms with van der Waals surface area (Å²) in [7, 11) is 0. The molecule has 0 aliphatic heterocycles. The Morgan fingerprint density at radius 3 is 0.900 bits per heavy atom. The van der Waals surface area contributed by atoms with Crippen LogP contribution in [0.4, 0.5) is 0 Å². The van der Waals surface area contributed by atoms with E-state index in [9.17, 15) is 0 Å². The second kappa shape index (κ2) is 6.76. The quantitative estimate of drug-likeness (QED) is 0.512. The maximum Gasteiger partial charge on any atom is 1.00 e. The van der Waals surface area contributed by atoms with Gasteiger partial charge in [-0.25, -0.2) is 0 Å². The van der Waals surface area contributed by atoms with Crippen LogP contribution in [0.5, 0.6) is 0 Å². The fourth-order valence-electron chi connectivity index (χ4n) is 1.73. The summed E-state index contributed by atoms with van der Waals surface area (Å²) in [6.45, 7) is 9.32. The van der Waals surface area contributed by atoms with Gasteiger partial charge in [0, 0.05) is 0 Å². The monoisotopic (exact) mass is 150 g/mol. The van der Waals surface area contributed by atoms with E-state index in [1.54, 1.807) is 0 Å². The Bertz CT molecular complexity index is 52.1. The summed E-state index contributed by atoms with van der Waals surface area (Å²) in [4.78, 5) is 0.